The van der Waals surface area contributed by atoms with E-state index < -0.39 is 11.0 Å². The minimum Gasteiger partial charge on any atom is -0.388 e. The summed E-state index contributed by atoms with van der Waals surface area (Å²) in [5.41, 5.74) is -1.15. The molecule has 0 spiro atoms. The van der Waals surface area contributed by atoms with Crippen LogP contribution in [0.15, 0.2) is 0 Å². The standard InChI is InChI=1S/C11H17NO/c1-8-6-9(8)10(2,13)11(7-12)4-3-5-11/h8-9,13H,3-6H2,1-2H3. The molecule has 0 saturated heterocycles. The van der Waals surface area contributed by atoms with Crippen molar-refractivity contribution >= 4 is 0 Å². The summed E-state index contributed by atoms with van der Waals surface area (Å²) in [5.74, 6) is 0.980. The molecule has 2 aliphatic carbocycles. The Bertz CT molecular complexity index is 260. The van der Waals surface area contributed by atoms with Crippen LogP contribution in [0.5, 0.6) is 0 Å². The summed E-state index contributed by atoms with van der Waals surface area (Å²) < 4.78 is 0. The minimum absolute atomic E-state index is 0.368. The molecule has 1 N–H and O–H groups in total. The van der Waals surface area contributed by atoms with E-state index in [0.717, 1.165) is 25.7 Å². The van der Waals surface area contributed by atoms with Crippen LogP contribution in [0.3, 0.4) is 0 Å². The molecule has 0 radical (unpaired) electrons. The summed E-state index contributed by atoms with van der Waals surface area (Å²) in [7, 11) is 0. The summed E-state index contributed by atoms with van der Waals surface area (Å²) >= 11 is 0. The van der Waals surface area contributed by atoms with Crippen molar-refractivity contribution in [1.82, 2.24) is 0 Å². The number of nitrogens with zero attached hydrogens (tertiary/aromatic N) is 1. The van der Waals surface area contributed by atoms with Crippen molar-refractivity contribution in [1.29, 1.82) is 5.26 Å². The van der Waals surface area contributed by atoms with Gasteiger partial charge in [0.1, 0.15) is 0 Å². The number of rotatable bonds is 2. The SMILES string of the molecule is CC1CC1C(C)(O)C1(C#N)CCC1. The summed E-state index contributed by atoms with van der Waals surface area (Å²) in [6.07, 6.45) is 3.97. The predicted octanol–water partition coefficient (Wildman–Crippen LogP) is 2.09. The lowest BCUT2D eigenvalue weighted by molar-refractivity contribution is -0.0987. The molecule has 2 aliphatic rings. The van der Waals surface area contributed by atoms with Crippen LogP contribution in [0.1, 0.15) is 39.5 Å². The van der Waals surface area contributed by atoms with Crippen LogP contribution < -0.4 is 0 Å². The minimum atomic E-state index is -0.737. The fourth-order valence-electron chi connectivity index (χ4n) is 2.72. The first-order chi connectivity index (χ1) is 6.03. The summed E-state index contributed by atoms with van der Waals surface area (Å²) in [6, 6.07) is 2.35. The zero-order valence-electron chi connectivity index (χ0n) is 8.38. The first kappa shape index (κ1) is 9.02. The zero-order valence-corrected chi connectivity index (χ0v) is 8.38. The third-order valence-electron chi connectivity index (χ3n) is 4.22. The second kappa shape index (κ2) is 2.48. The van der Waals surface area contributed by atoms with Crippen LogP contribution >= 0.6 is 0 Å². The van der Waals surface area contributed by atoms with Gasteiger partial charge in [0.2, 0.25) is 0 Å². The van der Waals surface area contributed by atoms with Gasteiger partial charge in [-0.3, -0.25) is 0 Å². The van der Waals surface area contributed by atoms with E-state index >= 15 is 0 Å². The van der Waals surface area contributed by atoms with Gasteiger partial charge in [-0.05, 0) is 38.0 Å². The monoisotopic (exact) mass is 179 g/mol. The van der Waals surface area contributed by atoms with E-state index in [4.69, 9.17) is 5.26 Å². The molecule has 2 nitrogen and oxygen atoms in total. The fraction of sp³-hybridized carbons (Fsp3) is 0.909. The van der Waals surface area contributed by atoms with Crippen molar-refractivity contribution in [3.8, 4) is 6.07 Å². The van der Waals surface area contributed by atoms with Crippen molar-refractivity contribution in [2.45, 2.75) is 45.1 Å². The van der Waals surface area contributed by atoms with Crippen LogP contribution in [-0.2, 0) is 0 Å². The molecule has 0 heterocycles. The fourth-order valence-corrected chi connectivity index (χ4v) is 2.72. The molecular formula is C11H17NO. The highest BCUT2D eigenvalue weighted by molar-refractivity contribution is 5.19. The molecule has 3 atom stereocenters. The van der Waals surface area contributed by atoms with Crippen LogP contribution in [0, 0.1) is 28.6 Å². The van der Waals surface area contributed by atoms with Gasteiger partial charge in [0.05, 0.1) is 17.1 Å². The van der Waals surface area contributed by atoms with Gasteiger partial charge in [0.25, 0.3) is 0 Å². The lowest BCUT2D eigenvalue weighted by Gasteiger charge is -2.47. The summed E-state index contributed by atoms with van der Waals surface area (Å²) in [5, 5.41) is 19.5. The van der Waals surface area contributed by atoms with Crippen LogP contribution in [-0.4, -0.2) is 10.7 Å². The third-order valence-corrected chi connectivity index (χ3v) is 4.22. The van der Waals surface area contributed by atoms with E-state index in [-0.39, 0.29) is 0 Å². The van der Waals surface area contributed by atoms with Gasteiger partial charge in [-0.25, -0.2) is 0 Å². The van der Waals surface area contributed by atoms with Crippen molar-refractivity contribution < 1.29 is 5.11 Å². The number of aliphatic hydroxyl groups is 1. The van der Waals surface area contributed by atoms with Gasteiger partial charge < -0.3 is 5.11 Å². The van der Waals surface area contributed by atoms with Gasteiger partial charge in [0.15, 0.2) is 0 Å². The Balaban J connectivity index is 2.18. The molecular weight excluding hydrogens is 162 g/mol. The van der Waals surface area contributed by atoms with Crippen molar-refractivity contribution in [2.24, 2.45) is 17.3 Å². The molecule has 0 aliphatic heterocycles. The van der Waals surface area contributed by atoms with Crippen LogP contribution in [0.25, 0.3) is 0 Å². The van der Waals surface area contributed by atoms with E-state index in [1.165, 1.54) is 0 Å². The Morgan fingerprint density at radius 1 is 1.54 bits per heavy atom. The van der Waals surface area contributed by atoms with Crippen LogP contribution in [0.4, 0.5) is 0 Å². The normalized spacial score (nSPS) is 39.8. The second-order valence-electron chi connectivity index (χ2n) is 5.01. The molecule has 2 fully saturated rings. The third kappa shape index (κ3) is 1.03. The number of hydrogen-bond donors (Lipinski definition) is 1. The average Bonchev–Trinajstić information content (AvgIpc) is 2.65. The van der Waals surface area contributed by atoms with E-state index in [1.807, 2.05) is 6.92 Å². The lowest BCUT2D eigenvalue weighted by atomic mass is 9.58. The maximum Gasteiger partial charge on any atom is 0.0860 e. The maximum atomic E-state index is 10.4. The number of nitriles is 1. The quantitative estimate of drug-likeness (QED) is 0.705. The van der Waals surface area contributed by atoms with Gasteiger partial charge in [0, 0.05) is 0 Å². The molecule has 0 aromatic heterocycles. The molecule has 2 heteroatoms. The molecule has 2 saturated carbocycles. The van der Waals surface area contributed by atoms with Gasteiger partial charge in [-0.15, -0.1) is 0 Å². The molecule has 72 valence electrons. The molecule has 13 heavy (non-hydrogen) atoms. The molecule has 0 aromatic rings. The molecule has 3 unspecified atom stereocenters. The Hall–Kier alpha value is -0.550. The lowest BCUT2D eigenvalue weighted by Crippen LogP contribution is -2.51. The second-order valence-corrected chi connectivity index (χ2v) is 5.01. The van der Waals surface area contributed by atoms with Crippen LogP contribution in [0.2, 0.25) is 0 Å². The first-order valence-corrected chi connectivity index (χ1v) is 5.17. The van der Waals surface area contributed by atoms with Gasteiger partial charge in [-0.2, -0.15) is 5.26 Å². The Morgan fingerprint density at radius 2 is 2.08 bits per heavy atom. The Kier molecular flexibility index (Phi) is 1.72. The van der Waals surface area contributed by atoms with Crippen molar-refractivity contribution in [3.05, 3.63) is 0 Å². The van der Waals surface area contributed by atoms with E-state index in [1.54, 1.807) is 0 Å². The highest BCUT2D eigenvalue weighted by Gasteiger charge is 2.60. The smallest absolute Gasteiger partial charge is 0.0860 e. The Labute approximate surface area is 79.6 Å². The van der Waals surface area contributed by atoms with Crippen molar-refractivity contribution in [3.63, 3.8) is 0 Å². The van der Waals surface area contributed by atoms with Gasteiger partial charge in [-0.1, -0.05) is 13.3 Å². The zero-order chi connectivity index (χ0) is 9.69. The molecule has 0 amide bonds. The topological polar surface area (TPSA) is 44.0 Å². The summed E-state index contributed by atoms with van der Waals surface area (Å²) in [4.78, 5) is 0. The Morgan fingerprint density at radius 3 is 2.31 bits per heavy atom. The molecule has 0 aromatic carbocycles. The highest BCUT2D eigenvalue weighted by atomic mass is 16.3. The first-order valence-electron chi connectivity index (χ1n) is 5.17. The van der Waals surface area contributed by atoms with E-state index in [2.05, 4.69) is 13.0 Å². The van der Waals surface area contributed by atoms with E-state index in [9.17, 15) is 5.11 Å². The van der Waals surface area contributed by atoms with E-state index in [0.29, 0.717) is 11.8 Å². The maximum absolute atomic E-state index is 10.4. The highest BCUT2D eigenvalue weighted by Crippen LogP contribution is 2.59. The number of hydrogen-bond acceptors (Lipinski definition) is 2. The average molecular weight is 179 g/mol. The molecule has 0 bridgehead atoms. The summed E-state index contributed by atoms with van der Waals surface area (Å²) in [6.45, 7) is 4.02. The largest absolute Gasteiger partial charge is 0.388 e. The predicted molar refractivity (Wildman–Crippen MR) is 49.8 cm³/mol. The van der Waals surface area contributed by atoms with Crippen molar-refractivity contribution in [2.75, 3.05) is 0 Å². The molecule has 2 rings (SSSR count). The van der Waals surface area contributed by atoms with Gasteiger partial charge >= 0.3 is 0 Å².